The van der Waals surface area contributed by atoms with Gasteiger partial charge in [0.25, 0.3) is 0 Å². The molecule has 0 aliphatic heterocycles. The molecule has 0 fully saturated rings. The fourth-order valence-electron chi connectivity index (χ4n) is 3.05. The molecule has 0 amide bonds. The van der Waals surface area contributed by atoms with E-state index in [1.165, 1.54) is 24.3 Å². The summed E-state index contributed by atoms with van der Waals surface area (Å²) < 4.78 is 52.7. The van der Waals surface area contributed by atoms with Crippen LogP contribution in [0.4, 0.5) is 17.6 Å². The summed E-state index contributed by atoms with van der Waals surface area (Å²) in [6.45, 7) is 0.503. The van der Waals surface area contributed by atoms with E-state index in [9.17, 15) is 17.6 Å². The molecule has 0 unspecified atom stereocenters. The first kappa shape index (κ1) is 18.7. The number of hydrogen-bond acceptors (Lipinski definition) is 1. The number of nitrogens with two attached hydrogens (primary N) is 1. The molecule has 1 heterocycles. The number of aromatic nitrogens is 1. The average molecular weight is 385 g/mol. The monoisotopic (exact) mass is 384 g/mol. The van der Waals surface area contributed by atoms with Crippen molar-refractivity contribution in [1.82, 2.24) is 4.98 Å². The van der Waals surface area contributed by atoms with Gasteiger partial charge in [0.15, 0.2) is 0 Å². The Labute approximate surface area is 153 Å². The third-order valence-electron chi connectivity index (χ3n) is 4.31. The summed E-state index contributed by atoms with van der Waals surface area (Å²) in [7, 11) is 0. The molecule has 0 spiro atoms. The van der Waals surface area contributed by atoms with Crippen LogP contribution in [0.5, 0.6) is 0 Å². The third kappa shape index (κ3) is 3.71. The Kier molecular flexibility index (Phi) is 5.25. The van der Waals surface area contributed by atoms with Gasteiger partial charge in [-0.25, -0.2) is 4.39 Å². The van der Waals surface area contributed by atoms with Crippen LogP contribution in [-0.4, -0.2) is 11.5 Å². The van der Waals surface area contributed by atoms with Gasteiger partial charge in [-0.05, 0) is 67.8 Å². The molecule has 0 aliphatic carbocycles. The van der Waals surface area contributed by atoms with Gasteiger partial charge in [0.05, 0.1) is 16.3 Å². The maximum absolute atomic E-state index is 13.4. The van der Waals surface area contributed by atoms with E-state index in [1.54, 1.807) is 0 Å². The highest BCUT2D eigenvalue weighted by Gasteiger charge is 2.31. The van der Waals surface area contributed by atoms with Gasteiger partial charge in [-0.15, -0.1) is 0 Å². The molecule has 0 saturated carbocycles. The average Bonchev–Trinajstić information content (AvgIpc) is 2.92. The van der Waals surface area contributed by atoms with Crippen molar-refractivity contribution in [2.75, 3.05) is 6.54 Å². The van der Waals surface area contributed by atoms with Crippen molar-refractivity contribution in [2.45, 2.75) is 25.4 Å². The lowest BCUT2D eigenvalue weighted by Gasteiger charge is -2.09. The summed E-state index contributed by atoms with van der Waals surface area (Å²) in [5, 5.41) is 0.694. The maximum atomic E-state index is 13.4. The highest BCUT2D eigenvalue weighted by Crippen LogP contribution is 2.38. The van der Waals surface area contributed by atoms with Crippen molar-refractivity contribution in [2.24, 2.45) is 5.73 Å². The van der Waals surface area contributed by atoms with Crippen LogP contribution in [0.1, 0.15) is 24.0 Å². The second-order valence-corrected chi connectivity index (χ2v) is 6.51. The fraction of sp³-hybridized carbons (Fsp3) is 0.263. The topological polar surface area (TPSA) is 41.8 Å². The molecule has 0 radical (unpaired) electrons. The van der Waals surface area contributed by atoms with Gasteiger partial charge in [0.1, 0.15) is 5.82 Å². The standard InChI is InChI=1S/C19H17ClF4N2/c20-16-10-12(21)5-6-14(16)18-13(3-1-2-8-25)15-9-11(19(22,23)24)4-7-17(15)26-18/h4-7,9-10,26H,1-3,8,25H2. The van der Waals surface area contributed by atoms with Crippen molar-refractivity contribution in [3.05, 3.63) is 58.4 Å². The molecule has 138 valence electrons. The first-order valence-corrected chi connectivity index (χ1v) is 8.56. The molecule has 1 aromatic heterocycles. The van der Waals surface area contributed by atoms with Crippen LogP contribution in [0.3, 0.4) is 0 Å². The van der Waals surface area contributed by atoms with Gasteiger partial charge in [0, 0.05) is 16.5 Å². The predicted octanol–water partition coefficient (Wildman–Crippen LogP) is 5.93. The minimum atomic E-state index is -4.42. The number of fused-ring (bicyclic) bond motifs is 1. The Bertz CT molecular complexity index is 931. The van der Waals surface area contributed by atoms with Crippen LogP contribution in [0.25, 0.3) is 22.2 Å². The quantitative estimate of drug-likeness (QED) is 0.415. The fourth-order valence-corrected chi connectivity index (χ4v) is 3.31. The molecule has 0 saturated heterocycles. The third-order valence-corrected chi connectivity index (χ3v) is 4.63. The second kappa shape index (κ2) is 7.29. The maximum Gasteiger partial charge on any atom is 0.416 e. The Morgan fingerprint density at radius 3 is 2.46 bits per heavy atom. The molecule has 26 heavy (non-hydrogen) atoms. The van der Waals surface area contributed by atoms with Gasteiger partial charge in [-0.3, -0.25) is 0 Å². The molecule has 0 bridgehead atoms. The van der Waals surface area contributed by atoms with Crippen LogP contribution in [-0.2, 0) is 12.6 Å². The number of nitrogens with one attached hydrogen (secondary N) is 1. The van der Waals surface area contributed by atoms with Gasteiger partial charge >= 0.3 is 6.18 Å². The number of benzene rings is 2. The van der Waals surface area contributed by atoms with Crippen LogP contribution in [0, 0.1) is 5.82 Å². The molecular weight excluding hydrogens is 368 g/mol. The molecule has 2 nitrogen and oxygen atoms in total. The highest BCUT2D eigenvalue weighted by molar-refractivity contribution is 6.33. The zero-order chi connectivity index (χ0) is 18.9. The van der Waals surface area contributed by atoms with Gasteiger partial charge in [-0.1, -0.05) is 11.6 Å². The SMILES string of the molecule is NCCCCc1c(-c2ccc(F)cc2Cl)[nH]c2ccc(C(F)(F)F)cc12. The zero-order valence-corrected chi connectivity index (χ0v) is 14.5. The van der Waals surface area contributed by atoms with E-state index >= 15 is 0 Å². The molecule has 3 aromatic rings. The largest absolute Gasteiger partial charge is 0.416 e. The van der Waals surface area contributed by atoms with Crippen molar-refractivity contribution in [3.8, 4) is 11.3 Å². The predicted molar refractivity (Wildman–Crippen MR) is 95.7 cm³/mol. The van der Waals surface area contributed by atoms with Crippen LogP contribution in [0.15, 0.2) is 36.4 Å². The van der Waals surface area contributed by atoms with Crippen molar-refractivity contribution < 1.29 is 17.6 Å². The number of hydrogen-bond donors (Lipinski definition) is 2. The number of H-pyrrole nitrogens is 1. The molecule has 3 rings (SSSR count). The van der Waals surface area contributed by atoms with Crippen molar-refractivity contribution >= 4 is 22.5 Å². The zero-order valence-electron chi connectivity index (χ0n) is 13.8. The number of aromatic amines is 1. The van der Waals surface area contributed by atoms with E-state index in [1.807, 2.05) is 0 Å². The van der Waals surface area contributed by atoms with Crippen molar-refractivity contribution in [3.63, 3.8) is 0 Å². The van der Waals surface area contributed by atoms with Gasteiger partial charge in [0.2, 0.25) is 0 Å². The number of unbranched alkanes of at least 4 members (excludes halogenated alkanes) is 1. The van der Waals surface area contributed by atoms with Crippen LogP contribution >= 0.6 is 11.6 Å². The summed E-state index contributed by atoms with van der Waals surface area (Å²) in [5.41, 5.74) is 7.30. The van der Waals surface area contributed by atoms with E-state index in [-0.39, 0.29) is 5.02 Å². The van der Waals surface area contributed by atoms with E-state index in [4.69, 9.17) is 17.3 Å². The minimum Gasteiger partial charge on any atom is -0.354 e. The summed E-state index contributed by atoms with van der Waals surface area (Å²) in [5.74, 6) is -0.473. The highest BCUT2D eigenvalue weighted by atomic mass is 35.5. The summed E-state index contributed by atoms with van der Waals surface area (Å²) in [6.07, 6.45) is -2.40. The molecule has 0 atom stereocenters. The van der Waals surface area contributed by atoms with Crippen LogP contribution < -0.4 is 5.73 Å². The normalized spacial score (nSPS) is 12.1. The van der Waals surface area contributed by atoms with Gasteiger partial charge in [-0.2, -0.15) is 13.2 Å². The van der Waals surface area contributed by atoms with Gasteiger partial charge < -0.3 is 10.7 Å². The molecule has 2 aromatic carbocycles. The lowest BCUT2D eigenvalue weighted by Crippen LogP contribution is -2.04. The Hall–Kier alpha value is -2.05. The number of halogens is 5. The Morgan fingerprint density at radius 2 is 1.81 bits per heavy atom. The van der Waals surface area contributed by atoms with E-state index in [0.717, 1.165) is 30.5 Å². The van der Waals surface area contributed by atoms with E-state index in [2.05, 4.69) is 4.98 Å². The number of alkyl halides is 3. The van der Waals surface area contributed by atoms with Crippen LogP contribution in [0.2, 0.25) is 5.02 Å². The van der Waals surface area contributed by atoms with E-state index < -0.39 is 17.6 Å². The second-order valence-electron chi connectivity index (χ2n) is 6.11. The Balaban J connectivity index is 2.19. The lowest BCUT2D eigenvalue weighted by atomic mass is 9.99. The molecule has 0 aliphatic rings. The number of aryl methyl sites for hydroxylation is 1. The summed E-state index contributed by atoms with van der Waals surface area (Å²) in [6, 6.07) is 7.58. The minimum absolute atomic E-state index is 0.202. The summed E-state index contributed by atoms with van der Waals surface area (Å²) in [4.78, 5) is 3.14. The molecule has 3 N–H and O–H groups in total. The number of rotatable bonds is 5. The molecule has 7 heteroatoms. The Morgan fingerprint density at radius 1 is 1.04 bits per heavy atom. The first-order valence-electron chi connectivity index (χ1n) is 8.18. The first-order chi connectivity index (χ1) is 12.3. The summed E-state index contributed by atoms with van der Waals surface area (Å²) >= 11 is 6.17. The molecular formula is C19H17ClF4N2. The lowest BCUT2D eigenvalue weighted by molar-refractivity contribution is -0.137. The van der Waals surface area contributed by atoms with Crippen molar-refractivity contribution in [1.29, 1.82) is 0 Å². The van der Waals surface area contributed by atoms with E-state index in [0.29, 0.717) is 35.1 Å². The smallest absolute Gasteiger partial charge is 0.354 e.